The summed E-state index contributed by atoms with van der Waals surface area (Å²) in [7, 11) is 1.65. The lowest BCUT2D eigenvalue weighted by Gasteiger charge is -2.25. The van der Waals surface area contributed by atoms with Gasteiger partial charge in [-0.3, -0.25) is 10.1 Å². The third kappa shape index (κ3) is 4.75. The Hall–Kier alpha value is -1.82. The molecule has 1 heterocycles. The number of nitro groups is 1. The van der Waals surface area contributed by atoms with Gasteiger partial charge in [-0.1, -0.05) is 24.9 Å². The van der Waals surface area contributed by atoms with Crippen LogP contribution in [0.15, 0.2) is 30.4 Å². The van der Waals surface area contributed by atoms with E-state index in [-0.39, 0.29) is 0 Å². The van der Waals surface area contributed by atoms with Crippen molar-refractivity contribution < 1.29 is 4.92 Å². The minimum Gasteiger partial charge on any atom is -0.369 e. The number of aromatic nitrogens is 1. The molecule has 0 bridgehead atoms. The zero-order chi connectivity index (χ0) is 14.3. The summed E-state index contributed by atoms with van der Waals surface area (Å²) in [6.07, 6.45) is 4.46. The third-order valence-corrected chi connectivity index (χ3v) is 2.76. The number of pyridine rings is 1. The van der Waals surface area contributed by atoms with Crippen LogP contribution in [0.25, 0.3) is 0 Å². The van der Waals surface area contributed by atoms with Crippen LogP contribution in [-0.2, 0) is 0 Å². The summed E-state index contributed by atoms with van der Waals surface area (Å²) in [5, 5.41) is 13.9. The fourth-order valence-corrected chi connectivity index (χ4v) is 1.71. The van der Waals surface area contributed by atoms with Crippen LogP contribution in [0.5, 0.6) is 0 Å². The van der Waals surface area contributed by atoms with E-state index in [4.69, 9.17) is 11.6 Å². The maximum Gasteiger partial charge on any atom is 0.274 e. The molecule has 1 rings (SSSR count). The van der Waals surface area contributed by atoms with Crippen molar-refractivity contribution in [3.05, 3.63) is 45.6 Å². The Morgan fingerprint density at radius 3 is 2.84 bits per heavy atom. The number of unbranched alkanes of at least 4 members (excludes halogenated alkanes) is 1. The van der Waals surface area contributed by atoms with E-state index in [1.807, 2.05) is 4.90 Å². The molecule has 104 valence electrons. The third-order valence-electron chi connectivity index (χ3n) is 2.53. The summed E-state index contributed by atoms with van der Waals surface area (Å²) in [5.41, 5.74) is 0.764. The van der Waals surface area contributed by atoms with E-state index in [0.717, 1.165) is 24.7 Å². The summed E-state index contributed by atoms with van der Waals surface area (Å²) >= 11 is 5.75. The maximum absolute atomic E-state index is 10.7. The van der Waals surface area contributed by atoms with Crippen molar-refractivity contribution in [1.82, 2.24) is 10.3 Å². The molecule has 0 atom stereocenters. The number of hydrogen-bond donors (Lipinski definition) is 1. The number of rotatable bonds is 7. The van der Waals surface area contributed by atoms with Crippen LogP contribution in [0, 0.1) is 10.1 Å². The number of nitrogens with one attached hydrogen (secondary N) is 1. The van der Waals surface area contributed by atoms with Gasteiger partial charge in [0, 0.05) is 13.6 Å². The minimum absolute atomic E-state index is 0.392. The van der Waals surface area contributed by atoms with Crippen LogP contribution < -0.4 is 10.2 Å². The molecule has 6 nitrogen and oxygen atoms in total. The Kier molecular flexibility index (Phi) is 6.08. The van der Waals surface area contributed by atoms with Gasteiger partial charge in [-0.2, -0.15) is 0 Å². The van der Waals surface area contributed by atoms with E-state index in [1.165, 1.54) is 0 Å². The van der Waals surface area contributed by atoms with Crippen molar-refractivity contribution in [3.8, 4) is 0 Å². The lowest BCUT2D eigenvalue weighted by atomic mass is 10.3. The van der Waals surface area contributed by atoms with Gasteiger partial charge in [0.05, 0.1) is 16.8 Å². The van der Waals surface area contributed by atoms with E-state index in [0.29, 0.717) is 17.5 Å². The highest BCUT2D eigenvalue weighted by molar-refractivity contribution is 6.29. The first kappa shape index (κ1) is 15.2. The molecule has 0 aromatic carbocycles. The van der Waals surface area contributed by atoms with Gasteiger partial charge in [-0.15, -0.1) is 0 Å². The lowest BCUT2D eigenvalue weighted by Crippen LogP contribution is -2.31. The van der Waals surface area contributed by atoms with Crippen molar-refractivity contribution >= 4 is 17.3 Å². The van der Waals surface area contributed by atoms with Gasteiger partial charge in [0.2, 0.25) is 0 Å². The van der Waals surface area contributed by atoms with E-state index < -0.39 is 4.92 Å². The van der Waals surface area contributed by atoms with Crippen molar-refractivity contribution in [1.29, 1.82) is 0 Å². The van der Waals surface area contributed by atoms with E-state index in [9.17, 15) is 10.1 Å². The first-order chi connectivity index (χ1) is 9.08. The maximum atomic E-state index is 10.7. The second kappa shape index (κ2) is 7.58. The summed E-state index contributed by atoms with van der Waals surface area (Å²) in [6.45, 7) is 2.73. The van der Waals surface area contributed by atoms with Gasteiger partial charge in [-0.05, 0) is 18.6 Å². The lowest BCUT2D eigenvalue weighted by molar-refractivity contribution is -0.403. The molecule has 19 heavy (non-hydrogen) atoms. The summed E-state index contributed by atoms with van der Waals surface area (Å²) in [6, 6.07) is 3.45. The van der Waals surface area contributed by atoms with Gasteiger partial charge in [-0.25, -0.2) is 4.98 Å². The van der Waals surface area contributed by atoms with Crippen LogP contribution in [0.1, 0.15) is 19.8 Å². The van der Waals surface area contributed by atoms with Crippen molar-refractivity contribution in [2.24, 2.45) is 0 Å². The first-order valence-corrected chi connectivity index (χ1v) is 6.38. The van der Waals surface area contributed by atoms with Crippen LogP contribution in [0.2, 0.25) is 5.15 Å². The van der Waals surface area contributed by atoms with E-state index in [2.05, 4.69) is 17.2 Å². The van der Waals surface area contributed by atoms with Gasteiger partial charge < -0.3 is 10.2 Å². The van der Waals surface area contributed by atoms with Gasteiger partial charge in [0.15, 0.2) is 5.82 Å². The second-order valence-corrected chi connectivity index (χ2v) is 4.28. The largest absolute Gasteiger partial charge is 0.369 e. The molecule has 0 saturated heterocycles. The molecule has 0 unspecified atom stereocenters. The Balaban J connectivity index is 3.05. The van der Waals surface area contributed by atoms with Gasteiger partial charge >= 0.3 is 0 Å². The molecule has 0 spiro atoms. The SMILES string of the molecule is CCCCN(/C(=C/[N+](=O)[O-])NC)c1ccc(Cl)nc1. The Labute approximate surface area is 117 Å². The molecule has 7 heteroatoms. The predicted octanol–water partition coefficient (Wildman–Crippen LogP) is 2.64. The molecule has 0 aliphatic rings. The average molecular weight is 285 g/mol. The topological polar surface area (TPSA) is 71.3 Å². The molecule has 0 fully saturated rings. The van der Waals surface area contributed by atoms with Crippen molar-refractivity contribution in [2.45, 2.75) is 19.8 Å². The smallest absolute Gasteiger partial charge is 0.274 e. The summed E-state index contributed by atoms with van der Waals surface area (Å²) < 4.78 is 0. The molecular formula is C12H17ClN4O2. The van der Waals surface area contributed by atoms with E-state index in [1.54, 1.807) is 25.4 Å². The summed E-state index contributed by atoms with van der Waals surface area (Å²) in [5.74, 6) is 0.419. The zero-order valence-corrected chi connectivity index (χ0v) is 11.7. The quantitative estimate of drug-likeness (QED) is 0.473. The molecule has 0 aliphatic carbocycles. The Bertz CT molecular complexity index is 448. The molecule has 1 aromatic heterocycles. The number of hydrogen-bond acceptors (Lipinski definition) is 5. The molecule has 0 radical (unpaired) electrons. The first-order valence-electron chi connectivity index (χ1n) is 6.00. The molecule has 0 saturated carbocycles. The van der Waals surface area contributed by atoms with Gasteiger partial charge in [0.25, 0.3) is 6.20 Å². The van der Waals surface area contributed by atoms with Crippen molar-refractivity contribution in [2.75, 3.05) is 18.5 Å². The molecule has 1 aromatic rings. The molecule has 0 aliphatic heterocycles. The van der Waals surface area contributed by atoms with E-state index >= 15 is 0 Å². The number of nitrogens with zero attached hydrogens (tertiary/aromatic N) is 3. The van der Waals surface area contributed by atoms with Crippen LogP contribution in [-0.4, -0.2) is 23.5 Å². The van der Waals surface area contributed by atoms with Crippen LogP contribution >= 0.6 is 11.6 Å². The fraction of sp³-hybridized carbons (Fsp3) is 0.417. The zero-order valence-electron chi connectivity index (χ0n) is 11.0. The Morgan fingerprint density at radius 1 is 1.63 bits per heavy atom. The molecule has 1 N–H and O–H groups in total. The Morgan fingerprint density at radius 2 is 2.37 bits per heavy atom. The van der Waals surface area contributed by atoms with Crippen LogP contribution in [0.4, 0.5) is 5.69 Å². The highest BCUT2D eigenvalue weighted by Gasteiger charge is 2.14. The van der Waals surface area contributed by atoms with Crippen LogP contribution in [0.3, 0.4) is 0 Å². The number of anilines is 1. The highest BCUT2D eigenvalue weighted by atomic mass is 35.5. The normalized spacial score (nSPS) is 11.2. The average Bonchev–Trinajstić information content (AvgIpc) is 2.39. The number of halogens is 1. The standard InChI is InChI=1S/C12H17ClN4O2/c1-3-4-7-16(12(14-2)9-17(18)19)10-5-6-11(13)15-8-10/h5-6,8-9,14H,3-4,7H2,1-2H3/b12-9+. The minimum atomic E-state index is -0.478. The summed E-state index contributed by atoms with van der Waals surface area (Å²) in [4.78, 5) is 16.0. The second-order valence-electron chi connectivity index (χ2n) is 3.89. The fourth-order valence-electron chi connectivity index (χ4n) is 1.60. The molecule has 0 amide bonds. The van der Waals surface area contributed by atoms with Crippen molar-refractivity contribution in [3.63, 3.8) is 0 Å². The molecular weight excluding hydrogens is 268 g/mol. The monoisotopic (exact) mass is 284 g/mol. The van der Waals surface area contributed by atoms with Gasteiger partial charge in [0.1, 0.15) is 5.15 Å². The highest BCUT2D eigenvalue weighted by Crippen LogP contribution is 2.19. The predicted molar refractivity (Wildman–Crippen MR) is 75.6 cm³/mol.